The van der Waals surface area contributed by atoms with Crippen LogP contribution < -0.4 is 0 Å². The number of hydrogen-bond donors (Lipinski definition) is 2. The molecule has 0 unspecified atom stereocenters. The van der Waals surface area contributed by atoms with E-state index >= 15 is 0 Å². The molecule has 0 aromatic carbocycles. The van der Waals surface area contributed by atoms with Crippen molar-refractivity contribution in [3.63, 3.8) is 0 Å². The Morgan fingerprint density at radius 2 is 2.00 bits per heavy atom. The van der Waals surface area contributed by atoms with E-state index in [1.165, 1.54) is 5.56 Å². The maximum Gasteiger partial charge on any atom is 0.306 e. The third-order valence-electron chi connectivity index (χ3n) is 4.36. The molecular formula is C16H24N2O3. The predicted molar refractivity (Wildman–Crippen MR) is 80.0 cm³/mol. The van der Waals surface area contributed by atoms with E-state index in [-0.39, 0.29) is 5.92 Å². The Bertz CT molecular complexity index is 456. The van der Waals surface area contributed by atoms with Crippen LogP contribution in [-0.4, -0.2) is 51.8 Å². The minimum absolute atomic E-state index is 0.285. The fourth-order valence-corrected chi connectivity index (χ4v) is 3.01. The second kappa shape index (κ2) is 7.00. The maximum absolute atomic E-state index is 10.9. The monoisotopic (exact) mass is 292 g/mol. The summed E-state index contributed by atoms with van der Waals surface area (Å²) < 4.78 is 0. The van der Waals surface area contributed by atoms with Gasteiger partial charge >= 0.3 is 5.97 Å². The van der Waals surface area contributed by atoms with Gasteiger partial charge in [0.15, 0.2) is 0 Å². The average Bonchev–Trinajstić information content (AvgIpc) is 2.46. The van der Waals surface area contributed by atoms with Gasteiger partial charge in [-0.3, -0.25) is 9.78 Å². The molecule has 1 heterocycles. The number of likely N-dealkylation sites (N-methyl/N-ethyl adjacent to an activating group) is 1. The number of carbonyl (C=O) groups is 1. The van der Waals surface area contributed by atoms with E-state index in [2.05, 4.69) is 9.88 Å². The summed E-state index contributed by atoms with van der Waals surface area (Å²) >= 11 is 0. The molecule has 21 heavy (non-hydrogen) atoms. The number of pyridine rings is 1. The van der Waals surface area contributed by atoms with Crippen LogP contribution in [0.3, 0.4) is 0 Å². The first-order valence-corrected chi connectivity index (χ1v) is 7.51. The van der Waals surface area contributed by atoms with Gasteiger partial charge in [-0.1, -0.05) is 0 Å². The van der Waals surface area contributed by atoms with Gasteiger partial charge in [-0.05, 0) is 56.8 Å². The Morgan fingerprint density at radius 1 is 1.38 bits per heavy atom. The molecule has 116 valence electrons. The molecular weight excluding hydrogens is 268 g/mol. The van der Waals surface area contributed by atoms with Crippen molar-refractivity contribution in [2.24, 2.45) is 5.92 Å². The maximum atomic E-state index is 10.9. The molecule has 0 bridgehead atoms. The first-order chi connectivity index (χ1) is 9.98. The lowest BCUT2D eigenvalue weighted by molar-refractivity contribution is -0.145. The van der Waals surface area contributed by atoms with Crippen molar-refractivity contribution in [1.82, 2.24) is 9.88 Å². The molecule has 0 aliphatic heterocycles. The molecule has 1 aromatic rings. The lowest BCUT2D eigenvalue weighted by Crippen LogP contribution is -2.45. The van der Waals surface area contributed by atoms with Crippen LogP contribution in [0.15, 0.2) is 24.5 Å². The van der Waals surface area contributed by atoms with Crippen molar-refractivity contribution in [1.29, 1.82) is 0 Å². The molecule has 1 aliphatic carbocycles. The van der Waals surface area contributed by atoms with E-state index in [0.717, 1.165) is 13.0 Å². The number of nitrogens with zero attached hydrogens (tertiary/aromatic N) is 2. The molecule has 5 heteroatoms. The molecule has 1 aromatic heterocycles. The highest BCUT2D eigenvalue weighted by atomic mass is 16.4. The highest BCUT2D eigenvalue weighted by molar-refractivity contribution is 5.70. The third kappa shape index (κ3) is 4.79. The summed E-state index contributed by atoms with van der Waals surface area (Å²) in [5.41, 5.74) is 0.497. The van der Waals surface area contributed by atoms with Crippen molar-refractivity contribution in [2.45, 2.75) is 37.7 Å². The molecule has 0 atom stereocenters. The highest BCUT2D eigenvalue weighted by Crippen LogP contribution is 2.32. The molecule has 1 fully saturated rings. The Morgan fingerprint density at radius 3 is 2.57 bits per heavy atom. The summed E-state index contributed by atoms with van der Waals surface area (Å²) in [6.45, 7) is 1.47. The van der Waals surface area contributed by atoms with Gasteiger partial charge in [-0.15, -0.1) is 0 Å². The van der Waals surface area contributed by atoms with Crippen molar-refractivity contribution < 1.29 is 15.0 Å². The zero-order valence-electron chi connectivity index (χ0n) is 12.5. The van der Waals surface area contributed by atoms with Gasteiger partial charge in [0.05, 0.1) is 11.5 Å². The van der Waals surface area contributed by atoms with Crippen LogP contribution >= 0.6 is 0 Å². The lowest BCUT2D eigenvalue weighted by Gasteiger charge is -2.37. The van der Waals surface area contributed by atoms with E-state index in [9.17, 15) is 9.90 Å². The molecule has 0 amide bonds. The second-order valence-corrected chi connectivity index (χ2v) is 6.18. The minimum Gasteiger partial charge on any atom is -0.481 e. The second-order valence-electron chi connectivity index (χ2n) is 6.18. The topological polar surface area (TPSA) is 73.7 Å². The minimum atomic E-state index is -0.737. The van der Waals surface area contributed by atoms with Crippen LogP contribution in [0.4, 0.5) is 0 Å². The zero-order chi connectivity index (χ0) is 15.3. The first-order valence-electron chi connectivity index (χ1n) is 7.51. The Labute approximate surface area is 125 Å². The van der Waals surface area contributed by atoms with Gasteiger partial charge in [-0.2, -0.15) is 0 Å². The summed E-state index contributed by atoms with van der Waals surface area (Å²) in [6, 6.07) is 4.00. The molecule has 5 nitrogen and oxygen atoms in total. The van der Waals surface area contributed by atoms with Gasteiger partial charge in [-0.25, -0.2) is 0 Å². The van der Waals surface area contributed by atoms with Crippen LogP contribution in [0.2, 0.25) is 0 Å². The number of carboxylic acids is 1. The van der Waals surface area contributed by atoms with Crippen LogP contribution in [-0.2, 0) is 11.2 Å². The van der Waals surface area contributed by atoms with Crippen molar-refractivity contribution >= 4 is 5.97 Å². The van der Waals surface area contributed by atoms with E-state index in [1.807, 2.05) is 19.2 Å². The van der Waals surface area contributed by atoms with Gasteiger partial charge in [0.1, 0.15) is 0 Å². The summed E-state index contributed by atoms with van der Waals surface area (Å²) in [4.78, 5) is 17.1. The predicted octanol–water partition coefficient (Wildman–Crippen LogP) is 1.56. The molecule has 0 radical (unpaired) electrons. The van der Waals surface area contributed by atoms with Crippen molar-refractivity contribution in [2.75, 3.05) is 20.1 Å². The molecule has 0 saturated heterocycles. The van der Waals surface area contributed by atoms with Crippen molar-refractivity contribution in [3.8, 4) is 0 Å². The summed E-state index contributed by atoms with van der Waals surface area (Å²) in [7, 11) is 2.00. The fraction of sp³-hybridized carbons (Fsp3) is 0.625. The SMILES string of the molecule is CN(CCc1ccncc1)CC1(O)CCC(C(=O)O)CC1. The number of aliphatic carboxylic acids is 1. The van der Waals surface area contributed by atoms with Crippen LogP contribution in [0.5, 0.6) is 0 Å². The number of carboxylic acid groups (broad SMARTS) is 1. The van der Waals surface area contributed by atoms with Gasteiger partial charge in [0.25, 0.3) is 0 Å². The lowest BCUT2D eigenvalue weighted by atomic mass is 9.78. The molecule has 2 rings (SSSR count). The van der Waals surface area contributed by atoms with Gasteiger partial charge in [0.2, 0.25) is 0 Å². The quantitative estimate of drug-likeness (QED) is 0.832. The number of aromatic nitrogens is 1. The van der Waals surface area contributed by atoms with E-state index < -0.39 is 11.6 Å². The Kier molecular flexibility index (Phi) is 5.31. The van der Waals surface area contributed by atoms with Gasteiger partial charge < -0.3 is 15.1 Å². The van der Waals surface area contributed by atoms with Crippen LogP contribution in [0, 0.1) is 5.92 Å². The Hall–Kier alpha value is -1.46. The fourth-order valence-electron chi connectivity index (χ4n) is 3.01. The standard InChI is InChI=1S/C16H24N2O3/c1-18(11-6-13-4-9-17-10-5-13)12-16(21)7-2-14(3-8-16)15(19)20/h4-5,9-10,14,21H,2-3,6-8,11-12H2,1H3,(H,19,20). The van der Waals surface area contributed by atoms with E-state index in [1.54, 1.807) is 12.4 Å². The average molecular weight is 292 g/mol. The Balaban J connectivity index is 1.77. The molecule has 2 N–H and O–H groups in total. The number of aliphatic hydroxyl groups is 1. The summed E-state index contributed by atoms with van der Waals surface area (Å²) in [6.07, 6.45) is 6.79. The number of hydrogen-bond acceptors (Lipinski definition) is 4. The third-order valence-corrected chi connectivity index (χ3v) is 4.36. The van der Waals surface area contributed by atoms with E-state index in [4.69, 9.17) is 5.11 Å². The van der Waals surface area contributed by atoms with Crippen LogP contribution in [0.25, 0.3) is 0 Å². The van der Waals surface area contributed by atoms with Crippen molar-refractivity contribution in [3.05, 3.63) is 30.1 Å². The summed E-state index contributed by atoms with van der Waals surface area (Å²) in [5, 5.41) is 19.6. The first kappa shape index (κ1) is 15.9. The van der Waals surface area contributed by atoms with Crippen LogP contribution in [0.1, 0.15) is 31.2 Å². The zero-order valence-corrected chi connectivity index (χ0v) is 12.5. The smallest absolute Gasteiger partial charge is 0.306 e. The normalized spacial score (nSPS) is 26.0. The highest BCUT2D eigenvalue weighted by Gasteiger charge is 2.36. The summed E-state index contributed by atoms with van der Waals surface area (Å²) in [5.74, 6) is -1.02. The molecule has 0 spiro atoms. The number of rotatable bonds is 6. The van der Waals surface area contributed by atoms with Gasteiger partial charge in [0, 0.05) is 25.5 Å². The largest absolute Gasteiger partial charge is 0.481 e. The molecule has 1 aliphatic rings. The van der Waals surface area contributed by atoms with E-state index in [0.29, 0.717) is 32.2 Å². The molecule has 1 saturated carbocycles.